The number of carbonyl (C=O) groups is 1. The molecule has 0 radical (unpaired) electrons. The molecule has 3 aromatic heterocycles. The van der Waals surface area contributed by atoms with Gasteiger partial charge in [0.15, 0.2) is 5.69 Å². The summed E-state index contributed by atoms with van der Waals surface area (Å²) in [4.78, 5) is 21.9. The molecule has 1 aromatic carbocycles. The highest BCUT2D eigenvalue weighted by molar-refractivity contribution is 7.22. The first kappa shape index (κ1) is 21.3. The summed E-state index contributed by atoms with van der Waals surface area (Å²) >= 11 is 3.39. The third-order valence-corrected chi connectivity index (χ3v) is 8.11. The van der Waals surface area contributed by atoms with Gasteiger partial charge in [-0.05, 0) is 57.0 Å². The quantitative estimate of drug-likeness (QED) is 0.404. The Morgan fingerprint density at radius 3 is 2.81 bits per heavy atom. The first-order chi connectivity index (χ1) is 15.6. The summed E-state index contributed by atoms with van der Waals surface area (Å²) in [5.74, 6) is -0.160. The molecule has 5 rings (SSSR count). The van der Waals surface area contributed by atoms with Gasteiger partial charge in [-0.1, -0.05) is 19.1 Å². The summed E-state index contributed by atoms with van der Waals surface area (Å²) in [5, 5.41) is 9.53. The van der Waals surface area contributed by atoms with E-state index in [-0.39, 0.29) is 5.91 Å². The number of thiophene rings is 1. The lowest BCUT2D eigenvalue weighted by molar-refractivity contribution is 0.102. The number of anilines is 1. The number of aromatic nitrogens is 3. The number of carbonyl (C=O) groups excluding carboxylic acids is 1. The van der Waals surface area contributed by atoms with Gasteiger partial charge in [0, 0.05) is 35.8 Å². The van der Waals surface area contributed by atoms with Crippen LogP contribution >= 0.6 is 22.7 Å². The molecule has 0 saturated carbocycles. The summed E-state index contributed by atoms with van der Waals surface area (Å²) in [5.41, 5.74) is 4.89. The summed E-state index contributed by atoms with van der Waals surface area (Å²) in [6, 6.07) is 10.1. The Hall–Kier alpha value is -2.55. The number of nitrogens with one attached hydrogen (secondary N) is 1. The van der Waals surface area contributed by atoms with Crippen molar-refractivity contribution in [2.45, 2.75) is 46.7 Å². The second-order valence-corrected chi connectivity index (χ2v) is 10.3. The van der Waals surface area contributed by atoms with Crippen molar-refractivity contribution in [3.05, 3.63) is 52.2 Å². The number of aryl methyl sites for hydroxylation is 2. The Morgan fingerprint density at radius 2 is 2.06 bits per heavy atom. The Balaban J connectivity index is 1.55. The standard InChI is InChI=1S/C24H27N5OS2/c1-4-11-28-12-10-16-20(14-28)32-24(26-22(30)18-13-15(3)29(5-2)27-18)21(16)23-25-17-8-6-7-9-19(17)31-23/h6-9,13H,4-5,10-12,14H2,1-3H3,(H,26,30). The van der Waals surface area contributed by atoms with Crippen LogP contribution in [0.15, 0.2) is 30.3 Å². The van der Waals surface area contributed by atoms with E-state index >= 15 is 0 Å². The molecule has 1 amide bonds. The number of nitrogens with zero attached hydrogens (tertiary/aromatic N) is 4. The van der Waals surface area contributed by atoms with Crippen LogP contribution < -0.4 is 5.32 Å². The Bertz CT molecular complexity index is 1250. The molecule has 0 spiro atoms. The minimum atomic E-state index is -0.160. The highest BCUT2D eigenvalue weighted by Crippen LogP contribution is 2.45. The van der Waals surface area contributed by atoms with Crippen molar-refractivity contribution in [2.24, 2.45) is 0 Å². The van der Waals surface area contributed by atoms with Gasteiger partial charge < -0.3 is 5.32 Å². The lowest BCUT2D eigenvalue weighted by Crippen LogP contribution is -2.30. The molecule has 6 nitrogen and oxygen atoms in total. The highest BCUT2D eigenvalue weighted by Gasteiger charge is 2.28. The lowest BCUT2D eigenvalue weighted by atomic mass is 10.0. The zero-order valence-electron chi connectivity index (χ0n) is 18.6. The summed E-state index contributed by atoms with van der Waals surface area (Å²) in [6.07, 6.45) is 2.13. The van der Waals surface area contributed by atoms with E-state index in [2.05, 4.69) is 34.4 Å². The molecule has 0 fully saturated rings. The monoisotopic (exact) mass is 465 g/mol. The Kier molecular flexibility index (Phi) is 5.84. The van der Waals surface area contributed by atoms with Crippen LogP contribution in [0.1, 0.15) is 46.9 Å². The second kappa shape index (κ2) is 8.77. The van der Waals surface area contributed by atoms with Gasteiger partial charge in [-0.25, -0.2) is 4.98 Å². The van der Waals surface area contributed by atoms with Crippen LogP contribution in [0.5, 0.6) is 0 Å². The lowest BCUT2D eigenvalue weighted by Gasteiger charge is -2.26. The fraction of sp³-hybridized carbons (Fsp3) is 0.375. The average Bonchev–Trinajstić information content (AvgIpc) is 3.47. The number of thiazole rings is 1. The van der Waals surface area contributed by atoms with Crippen LogP contribution in [0.4, 0.5) is 5.00 Å². The molecular weight excluding hydrogens is 438 g/mol. The van der Waals surface area contributed by atoms with Crippen molar-refractivity contribution in [1.82, 2.24) is 19.7 Å². The van der Waals surface area contributed by atoms with Gasteiger partial charge in [-0.3, -0.25) is 14.4 Å². The van der Waals surface area contributed by atoms with Crippen molar-refractivity contribution in [3.8, 4) is 10.6 Å². The molecule has 0 saturated heterocycles. The predicted octanol–water partition coefficient (Wildman–Crippen LogP) is 5.57. The maximum atomic E-state index is 13.1. The molecule has 1 aliphatic heterocycles. The normalized spacial score (nSPS) is 14.1. The van der Waals surface area contributed by atoms with Crippen molar-refractivity contribution in [3.63, 3.8) is 0 Å². The van der Waals surface area contributed by atoms with Gasteiger partial charge in [0.05, 0.1) is 10.2 Å². The molecular formula is C24H27N5OS2. The van der Waals surface area contributed by atoms with Gasteiger partial charge in [-0.2, -0.15) is 5.10 Å². The fourth-order valence-electron chi connectivity index (χ4n) is 4.37. The van der Waals surface area contributed by atoms with Crippen molar-refractivity contribution >= 4 is 43.8 Å². The Labute approximate surface area is 195 Å². The van der Waals surface area contributed by atoms with Crippen molar-refractivity contribution < 1.29 is 4.79 Å². The SMILES string of the molecule is CCCN1CCc2c(sc(NC(=O)c3cc(C)n(CC)n3)c2-c2nc3ccccc3s2)C1. The third-order valence-electron chi connectivity index (χ3n) is 5.92. The molecule has 1 aliphatic rings. The number of hydrogen-bond donors (Lipinski definition) is 1. The van der Waals surface area contributed by atoms with E-state index in [0.717, 1.165) is 65.8 Å². The third kappa shape index (κ3) is 3.87. The zero-order chi connectivity index (χ0) is 22.2. The van der Waals surface area contributed by atoms with E-state index in [1.54, 1.807) is 22.7 Å². The number of amides is 1. The molecule has 4 aromatic rings. The number of hydrogen-bond acceptors (Lipinski definition) is 6. The maximum absolute atomic E-state index is 13.1. The minimum absolute atomic E-state index is 0.160. The minimum Gasteiger partial charge on any atom is -0.312 e. The summed E-state index contributed by atoms with van der Waals surface area (Å²) in [6.45, 7) is 10.1. The molecule has 32 heavy (non-hydrogen) atoms. The number of rotatable bonds is 6. The summed E-state index contributed by atoms with van der Waals surface area (Å²) in [7, 11) is 0. The van der Waals surface area contributed by atoms with E-state index in [9.17, 15) is 4.79 Å². The molecule has 0 bridgehead atoms. The number of benzene rings is 1. The van der Waals surface area contributed by atoms with Crippen molar-refractivity contribution in [1.29, 1.82) is 0 Å². The molecule has 1 N–H and O–H groups in total. The average molecular weight is 466 g/mol. The van der Waals surface area contributed by atoms with Crippen LogP contribution in [0.25, 0.3) is 20.8 Å². The van der Waals surface area contributed by atoms with Crippen molar-refractivity contribution in [2.75, 3.05) is 18.4 Å². The largest absolute Gasteiger partial charge is 0.312 e. The predicted molar refractivity (Wildman–Crippen MR) is 133 cm³/mol. The van der Waals surface area contributed by atoms with E-state index in [0.29, 0.717) is 5.69 Å². The fourth-order valence-corrected chi connectivity index (χ4v) is 6.76. The van der Waals surface area contributed by atoms with Gasteiger partial charge in [0.1, 0.15) is 10.0 Å². The highest BCUT2D eigenvalue weighted by atomic mass is 32.1. The maximum Gasteiger partial charge on any atom is 0.276 e. The number of para-hydroxylation sites is 1. The summed E-state index contributed by atoms with van der Waals surface area (Å²) < 4.78 is 3.02. The van der Waals surface area contributed by atoms with Gasteiger partial charge in [0.2, 0.25) is 0 Å². The molecule has 4 heterocycles. The first-order valence-corrected chi connectivity index (χ1v) is 12.8. The molecule has 0 atom stereocenters. The van der Waals surface area contributed by atoms with E-state index < -0.39 is 0 Å². The van der Waals surface area contributed by atoms with Gasteiger partial charge in [0.25, 0.3) is 5.91 Å². The van der Waals surface area contributed by atoms with E-state index in [1.807, 2.05) is 36.7 Å². The van der Waals surface area contributed by atoms with Gasteiger partial charge in [-0.15, -0.1) is 22.7 Å². The Morgan fingerprint density at radius 1 is 1.22 bits per heavy atom. The van der Waals surface area contributed by atoms with Crippen LogP contribution in [-0.4, -0.2) is 38.7 Å². The molecule has 0 unspecified atom stereocenters. The zero-order valence-corrected chi connectivity index (χ0v) is 20.3. The molecule has 166 valence electrons. The first-order valence-electron chi connectivity index (χ1n) is 11.2. The smallest absolute Gasteiger partial charge is 0.276 e. The van der Waals surface area contributed by atoms with E-state index in [4.69, 9.17) is 4.98 Å². The van der Waals surface area contributed by atoms with Gasteiger partial charge >= 0.3 is 0 Å². The second-order valence-electron chi connectivity index (χ2n) is 8.16. The molecule has 8 heteroatoms. The van der Waals surface area contributed by atoms with Crippen LogP contribution in [-0.2, 0) is 19.5 Å². The van der Waals surface area contributed by atoms with E-state index in [1.165, 1.54) is 15.1 Å². The molecule has 0 aliphatic carbocycles. The topological polar surface area (TPSA) is 63.1 Å². The van der Waals surface area contributed by atoms with Crippen LogP contribution in [0.2, 0.25) is 0 Å². The van der Waals surface area contributed by atoms with Crippen LogP contribution in [0.3, 0.4) is 0 Å². The number of fused-ring (bicyclic) bond motifs is 2. The van der Waals surface area contributed by atoms with Crippen LogP contribution in [0, 0.1) is 6.92 Å².